The number of fused-ring (bicyclic) bond motifs is 1. The van der Waals surface area contributed by atoms with E-state index in [9.17, 15) is 13.2 Å². The van der Waals surface area contributed by atoms with Crippen LogP contribution in [-0.4, -0.2) is 36.8 Å². The third-order valence-electron chi connectivity index (χ3n) is 4.03. The molecule has 2 heterocycles. The van der Waals surface area contributed by atoms with Crippen molar-refractivity contribution in [3.8, 4) is 0 Å². The number of nitrogens with zero attached hydrogens (tertiary/aromatic N) is 3. The second kappa shape index (κ2) is 8.15. The Hall–Kier alpha value is -1.65. The average molecular weight is 427 g/mol. The maximum Gasteiger partial charge on any atom is 0.263 e. The summed E-state index contributed by atoms with van der Waals surface area (Å²) in [6.07, 6.45) is 1.56. The zero-order chi connectivity index (χ0) is 19.6. The highest BCUT2D eigenvalue weighted by atomic mass is 32.2. The summed E-state index contributed by atoms with van der Waals surface area (Å²) >= 11 is 2.79. The van der Waals surface area contributed by atoms with Crippen LogP contribution < -0.4 is 9.62 Å². The Morgan fingerprint density at radius 2 is 2.15 bits per heavy atom. The maximum atomic E-state index is 12.7. The number of nitrogens with one attached hydrogen (secondary N) is 1. The van der Waals surface area contributed by atoms with Crippen LogP contribution in [0, 0.1) is 5.92 Å². The number of sulfonamides is 1. The van der Waals surface area contributed by atoms with Crippen molar-refractivity contribution in [1.82, 2.24) is 10.2 Å². The highest BCUT2D eigenvalue weighted by Crippen LogP contribution is 2.31. The molecule has 1 aromatic carbocycles. The maximum absolute atomic E-state index is 12.7. The first kappa shape index (κ1) is 20.1. The topological polar surface area (TPSA) is 92.3 Å². The lowest BCUT2D eigenvalue weighted by Crippen LogP contribution is -2.33. The van der Waals surface area contributed by atoms with Crippen LogP contribution in [0.5, 0.6) is 0 Å². The monoisotopic (exact) mass is 426 g/mol. The number of amides is 1. The normalized spacial score (nSPS) is 14.3. The summed E-state index contributed by atoms with van der Waals surface area (Å²) in [5.41, 5.74) is 1.65. The number of rotatable bonds is 6. The summed E-state index contributed by atoms with van der Waals surface area (Å²) in [5.74, 6) is 1.38. The molecular weight excluding hydrogens is 404 g/mol. The zero-order valence-corrected chi connectivity index (χ0v) is 17.9. The number of aromatic nitrogens is 2. The molecule has 1 aliphatic rings. The fourth-order valence-electron chi connectivity index (χ4n) is 2.79. The van der Waals surface area contributed by atoms with Gasteiger partial charge in [0.2, 0.25) is 11.0 Å². The lowest BCUT2D eigenvalue weighted by atomic mass is 10.0. The molecule has 7 nitrogen and oxygen atoms in total. The van der Waals surface area contributed by atoms with Gasteiger partial charge in [0, 0.05) is 24.9 Å². The summed E-state index contributed by atoms with van der Waals surface area (Å²) in [6, 6.07) is 4.87. The molecule has 0 aliphatic carbocycles. The molecule has 0 bridgehead atoms. The summed E-state index contributed by atoms with van der Waals surface area (Å²) < 4.78 is 28.7. The van der Waals surface area contributed by atoms with E-state index in [1.54, 1.807) is 28.8 Å². The van der Waals surface area contributed by atoms with E-state index >= 15 is 0 Å². The predicted octanol–water partition coefficient (Wildman–Crippen LogP) is 3.39. The van der Waals surface area contributed by atoms with E-state index in [-0.39, 0.29) is 15.9 Å². The number of carbonyl (C=O) groups excluding carboxylic acids is 1. The molecule has 3 rings (SSSR count). The lowest BCUT2D eigenvalue weighted by molar-refractivity contribution is -0.116. The summed E-state index contributed by atoms with van der Waals surface area (Å²) in [7, 11) is -3.76. The van der Waals surface area contributed by atoms with Gasteiger partial charge in [0.25, 0.3) is 10.0 Å². The van der Waals surface area contributed by atoms with E-state index in [0.29, 0.717) is 12.5 Å². The highest BCUT2D eigenvalue weighted by Gasteiger charge is 2.24. The van der Waals surface area contributed by atoms with Crippen molar-refractivity contribution < 1.29 is 13.2 Å². The molecule has 1 amide bonds. The Balaban J connectivity index is 1.78. The number of carbonyl (C=O) groups is 1. The SMILES string of the molecule is CC(=O)N1CCCc2cc(S(=O)(=O)Nc3nnc(SCC(C)C)s3)ccc21. The van der Waals surface area contributed by atoms with E-state index < -0.39 is 10.0 Å². The van der Waals surface area contributed by atoms with Gasteiger partial charge in [-0.3, -0.25) is 9.52 Å². The van der Waals surface area contributed by atoms with Crippen LogP contribution in [-0.2, 0) is 21.2 Å². The molecule has 0 fully saturated rings. The summed E-state index contributed by atoms with van der Waals surface area (Å²) in [6.45, 7) is 6.40. The van der Waals surface area contributed by atoms with E-state index in [1.165, 1.54) is 24.3 Å². The highest BCUT2D eigenvalue weighted by molar-refractivity contribution is 8.01. The molecule has 1 N–H and O–H groups in total. The van der Waals surface area contributed by atoms with Crippen molar-refractivity contribution in [3.63, 3.8) is 0 Å². The number of hydrogen-bond donors (Lipinski definition) is 1. The van der Waals surface area contributed by atoms with Gasteiger partial charge in [-0.1, -0.05) is 36.9 Å². The number of anilines is 2. The molecule has 0 saturated carbocycles. The van der Waals surface area contributed by atoms with Crippen LogP contribution in [0.15, 0.2) is 27.4 Å². The predicted molar refractivity (Wildman–Crippen MR) is 109 cm³/mol. The van der Waals surface area contributed by atoms with Gasteiger partial charge >= 0.3 is 0 Å². The second-order valence-electron chi connectivity index (χ2n) is 6.75. The Labute approximate surface area is 167 Å². The molecule has 1 aliphatic heterocycles. The number of thioether (sulfide) groups is 1. The molecule has 0 saturated heterocycles. The van der Waals surface area contributed by atoms with E-state index in [0.717, 1.165) is 34.2 Å². The average Bonchev–Trinajstić information content (AvgIpc) is 3.05. The minimum atomic E-state index is -3.76. The van der Waals surface area contributed by atoms with Gasteiger partial charge in [0.05, 0.1) is 4.90 Å². The molecule has 0 unspecified atom stereocenters. The van der Waals surface area contributed by atoms with Crippen molar-refractivity contribution >= 4 is 49.8 Å². The van der Waals surface area contributed by atoms with Crippen molar-refractivity contribution in [2.24, 2.45) is 5.92 Å². The number of aryl methyl sites for hydroxylation is 1. The standard InChI is InChI=1S/C17H22N4O3S3/c1-11(2)10-25-17-19-18-16(26-17)20-27(23,24)14-6-7-15-13(9-14)5-4-8-21(15)12(3)22/h6-7,9,11H,4-5,8,10H2,1-3H3,(H,18,20). The minimum Gasteiger partial charge on any atom is -0.312 e. The van der Waals surface area contributed by atoms with E-state index in [4.69, 9.17) is 0 Å². The molecule has 2 aromatic rings. The van der Waals surface area contributed by atoms with E-state index in [2.05, 4.69) is 28.8 Å². The van der Waals surface area contributed by atoms with Crippen LogP contribution >= 0.6 is 23.1 Å². The van der Waals surface area contributed by atoms with Crippen molar-refractivity contribution in [3.05, 3.63) is 23.8 Å². The molecule has 10 heteroatoms. The number of benzene rings is 1. The number of hydrogen-bond acceptors (Lipinski definition) is 7. The van der Waals surface area contributed by atoms with Crippen LogP contribution in [0.4, 0.5) is 10.8 Å². The first-order chi connectivity index (χ1) is 12.8. The Bertz CT molecular complexity index is 941. The zero-order valence-electron chi connectivity index (χ0n) is 15.4. The lowest BCUT2D eigenvalue weighted by Gasteiger charge is -2.28. The third kappa shape index (κ3) is 4.80. The fraction of sp³-hybridized carbons (Fsp3) is 0.471. The van der Waals surface area contributed by atoms with Crippen LogP contribution in [0.1, 0.15) is 32.8 Å². The van der Waals surface area contributed by atoms with Gasteiger partial charge in [0.15, 0.2) is 4.34 Å². The first-order valence-electron chi connectivity index (χ1n) is 8.66. The van der Waals surface area contributed by atoms with Gasteiger partial charge in [-0.15, -0.1) is 10.2 Å². The van der Waals surface area contributed by atoms with Crippen molar-refractivity contribution in [1.29, 1.82) is 0 Å². The third-order valence-corrected chi connectivity index (χ3v) is 7.89. The molecular formula is C17H22N4O3S3. The van der Waals surface area contributed by atoms with Crippen LogP contribution in [0.3, 0.4) is 0 Å². The molecule has 0 atom stereocenters. The van der Waals surface area contributed by atoms with Gasteiger partial charge in [-0.2, -0.15) is 0 Å². The van der Waals surface area contributed by atoms with Crippen LogP contribution in [0.25, 0.3) is 0 Å². The Morgan fingerprint density at radius 1 is 1.37 bits per heavy atom. The first-order valence-corrected chi connectivity index (χ1v) is 11.9. The molecule has 146 valence electrons. The van der Waals surface area contributed by atoms with Crippen LogP contribution in [0.2, 0.25) is 0 Å². The second-order valence-corrected chi connectivity index (χ2v) is 10.7. The summed E-state index contributed by atoms with van der Waals surface area (Å²) in [5, 5.41) is 8.21. The molecule has 0 radical (unpaired) electrons. The molecule has 27 heavy (non-hydrogen) atoms. The fourth-order valence-corrected chi connectivity index (χ4v) is 5.80. The summed E-state index contributed by atoms with van der Waals surface area (Å²) in [4.78, 5) is 13.6. The van der Waals surface area contributed by atoms with E-state index in [1.807, 2.05) is 0 Å². The van der Waals surface area contributed by atoms with Crippen molar-refractivity contribution in [2.75, 3.05) is 21.9 Å². The smallest absolute Gasteiger partial charge is 0.263 e. The molecule has 1 aromatic heterocycles. The van der Waals surface area contributed by atoms with Gasteiger partial charge < -0.3 is 4.90 Å². The quantitative estimate of drug-likeness (QED) is 0.712. The molecule has 0 spiro atoms. The van der Waals surface area contributed by atoms with Crippen molar-refractivity contribution in [2.45, 2.75) is 42.8 Å². The largest absolute Gasteiger partial charge is 0.312 e. The Morgan fingerprint density at radius 3 is 2.85 bits per heavy atom. The van der Waals surface area contributed by atoms with Gasteiger partial charge in [-0.25, -0.2) is 8.42 Å². The minimum absolute atomic E-state index is 0.0371. The van der Waals surface area contributed by atoms with Gasteiger partial charge in [0.1, 0.15) is 0 Å². The Kier molecular flexibility index (Phi) is 6.07. The van der Waals surface area contributed by atoms with Gasteiger partial charge in [-0.05, 0) is 42.5 Å².